The molecule has 1 aliphatic carbocycles. The molecule has 0 heterocycles. The molecule has 0 bridgehead atoms. The number of hydrogen-bond acceptors (Lipinski definition) is 1. The summed E-state index contributed by atoms with van der Waals surface area (Å²) in [5.41, 5.74) is 1.41. The van der Waals surface area contributed by atoms with Gasteiger partial charge in [-0.2, -0.15) is 0 Å². The van der Waals surface area contributed by atoms with Crippen LogP contribution in [0.15, 0.2) is 30.3 Å². The molecule has 0 aliphatic heterocycles. The number of carbonyl (C=O) groups is 1. The Hall–Kier alpha value is -1.31. The van der Waals surface area contributed by atoms with Crippen molar-refractivity contribution in [1.82, 2.24) is 5.32 Å². The van der Waals surface area contributed by atoms with Crippen molar-refractivity contribution in [3.63, 3.8) is 0 Å². The summed E-state index contributed by atoms with van der Waals surface area (Å²) < 4.78 is 0. The summed E-state index contributed by atoms with van der Waals surface area (Å²) in [5, 5.41) is 3.12. The van der Waals surface area contributed by atoms with Crippen molar-refractivity contribution in [3.8, 4) is 0 Å². The highest BCUT2D eigenvalue weighted by Gasteiger charge is 2.39. The van der Waals surface area contributed by atoms with Gasteiger partial charge in [-0.25, -0.2) is 0 Å². The zero-order chi connectivity index (χ0) is 12.5. The third kappa shape index (κ3) is 3.58. The molecule has 1 saturated carbocycles. The van der Waals surface area contributed by atoms with Crippen LogP contribution in [0.3, 0.4) is 0 Å². The van der Waals surface area contributed by atoms with E-state index in [9.17, 15) is 4.79 Å². The molecule has 0 saturated heterocycles. The van der Waals surface area contributed by atoms with Crippen LogP contribution < -0.4 is 5.32 Å². The van der Waals surface area contributed by atoms with Gasteiger partial charge in [-0.15, -0.1) is 0 Å². The molecule has 1 aromatic rings. The van der Waals surface area contributed by atoms with Crippen LogP contribution in [0.1, 0.15) is 45.1 Å². The van der Waals surface area contributed by atoms with Crippen LogP contribution in [-0.4, -0.2) is 11.9 Å². The minimum atomic E-state index is 0.0707. The molecule has 1 N–H and O–H groups in total. The van der Waals surface area contributed by atoms with E-state index in [0.29, 0.717) is 18.4 Å². The summed E-state index contributed by atoms with van der Waals surface area (Å²) in [4.78, 5) is 11.8. The Morgan fingerprint density at radius 2 is 1.94 bits per heavy atom. The third-order valence-electron chi connectivity index (χ3n) is 3.06. The Balaban J connectivity index is 1.83. The fourth-order valence-electron chi connectivity index (χ4n) is 2.16. The maximum atomic E-state index is 11.8. The van der Waals surface area contributed by atoms with Crippen molar-refractivity contribution < 1.29 is 4.79 Å². The minimum absolute atomic E-state index is 0.0707. The summed E-state index contributed by atoms with van der Waals surface area (Å²) in [5.74, 6) is 0.709. The molecule has 2 atom stereocenters. The Labute approximate surface area is 103 Å². The van der Waals surface area contributed by atoms with Gasteiger partial charge < -0.3 is 5.32 Å². The first kappa shape index (κ1) is 12.2. The summed E-state index contributed by atoms with van der Waals surface area (Å²) in [7, 11) is 0. The van der Waals surface area contributed by atoms with E-state index in [-0.39, 0.29) is 11.3 Å². The number of amides is 1. The molecule has 17 heavy (non-hydrogen) atoms. The molecule has 2 rings (SSSR count). The lowest BCUT2D eigenvalue weighted by Gasteiger charge is -2.17. The van der Waals surface area contributed by atoms with Gasteiger partial charge >= 0.3 is 0 Å². The first-order valence-electron chi connectivity index (χ1n) is 6.30. The first-order valence-corrected chi connectivity index (χ1v) is 6.30. The van der Waals surface area contributed by atoms with Crippen molar-refractivity contribution in [2.75, 3.05) is 0 Å². The second-order valence-electron chi connectivity index (χ2n) is 6.16. The van der Waals surface area contributed by atoms with Gasteiger partial charge in [0.2, 0.25) is 5.91 Å². The van der Waals surface area contributed by atoms with Crippen LogP contribution in [0.4, 0.5) is 0 Å². The molecule has 2 unspecified atom stereocenters. The number of carbonyl (C=O) groups excluding carboxylic acids is 1. The summed E-state index contributed by atoms with van der Waals surface area (Å²) in [6.07, 6.45) is 1.69. The van der Waals surface area contributed by atoms with E-state index in [2.05, 4.69) is 50.4 Å². The summed E-state index contributed by atoms with van der Waals surface area (Å²) in [6, 6.07) is 10.8. The Morgan fingerprint density at radius 1 is 1.29 bits per heavy atom. The zero-order valence-electron chi connectivity index (χ0n) is 10.9. The largest absolute Gasteiger partial charge is 0.353 e. The maximum Gasteiger partial charge on any atom is 0.220 e. The monoisotopic (exact) mass is 231 g/mol. The van der Waals surface area contributed by atoms with Crippen molar-refractivity contribution >= 4 is 5.91 Å². The van der Waals surface area contributed by atoms with Gasteiger partial charge in [0.15, 0.2) is 0 Å². The zero-order valence-corrected chi connectivity index (χ0v) is 10.9. The van der Waals surface area contributed by atoms with Gasteiger partial charge in [0, 0.05) is 18.4 Å². The molecular weight excluding hydrogens is 210 g/mol. The quantitative estimate of drug-likeness (QED) is 0.851. The SMILES string of the molecule is CC(C)(C)CC(=O)NC1CC1c1ccccc1. The Morgan fingerprint density at radius 3 is 2.53 bits per heavy atom. The fraction of sp³-hybridized carbons (Fsp3) is 0.533. The first-order chi connectivity index (χ1) is 7.96. The van der Waals surface area contributed by atoms with E-state index < -0.39 is 0 Å². The summed E-state index contributed by atoms with van der Waals surface area (Å²) >= 11 is 0. The minimum Gasteiger partial charge on any atom is -0.353 e. The third-order valence-corrected chi connectivity index (χ3v) is 3.06. The lowest BCUT2D eigenvalue weighted by molar-refractivity contribution is -0.122. The second-order valence-corrected chi connectivity index (χ2v) is 6.16. The van der Waals surface area contributed by atoms with E-state index in [1.807, 2.05) is 6.07 Å². The van der Waals surface area contributed by atoms with E-state index in [1.165, 1.54) is 5.56 Å². The van der Waals surface area contributed by atoms with Crippen molar-refractivity contribution in [3.05, 3.63) is 35.9 Å². The van der Waals surface area contributed by atoms with Gasteiger partial charge in [-0.1, -0.05) is 51.1 Å². The van der Waals surface area contributed by atoms with Gasteiger partial charge in [-0.3, -0.25) is 4.79 Å². The molecule has 1 amide bonds. The molecular formula is C15H21NO. The van der Waals surface area contributed by atoms with E-state index >= 15 is 0 Å². The van der Waals surface area contributed by atoms with Crippen LogP contribution in [0.5, 0.6) is 0 Å². The lowest BCUT2D eigenvalue weighted by Crippen LogP contribution is -2.30. The van der Waals surface area contributed by atoms with Crippen LogP contribution >= 0.6 is 0 Å². The normalized spacial score (nSPS) is 23.2. The van der Waals surface area contributed by atoms with Crippen LogP contribution in [0.25, 0.3) is 0 Å². The standard InChI is InChI=1S/C15H21NO/c1-15(2,3)10-14(17)16-13-9-12(13)11-7-5-4-6-8-11/h4-8,12-13H,9-10H2,1-3H3,(H,16,17). The predicted molar refractivity (Wildman–Crippen MR) is 69.8 cm³/mol. The van der Waals surface area contributed by atoms with Gasteiger partial charge in [-0.05, 0) is 17.4 Å². The number of hydrogen-bond donors (Lipinski definition) is 1. The van der Waals surface area contributed by atoms with Crippen molar-refractivity contribution in [2.24, 2.45) is 5.41 Å². The van der Waals surface area contributed by atoms with Crippen LogP contribution in [-0.2, 0) is 4.79 Å². The topological polar surface area (TPSA) is 29.1 Å². The van der Waals surface area contributed by atoms with Gasteiger partial charge in [0.25, 0.3) is 0 Å². The van der Waals surface area contributed by atoms with Crippen molar-refractivity contribution in [1.29, 1.82) is 0 Å². The molecule has 1 fully saturated rings. The molecule has 0 aromatic heterocycles. The van der Waals surface area contributed by atoms with E-state index in [0.717, 1.165) is 6.42 Å². The van der Waals surface area contributed by atoms with Crippen LogP contribution in [0.2, 0.25) is 0 Å². The maximum absolute atomic E-state index is 11.8. The lowest BCUT2D eigenvalue weighted by atomic mass is 9.92. The van der Waals surface area contributed by atoms with E-state index in [4.69, 9.17) is 0 Å². The number of rotatable bonds is 3. The Kier molecular flexibility index (Phi) is 3.23. The second kappa shape index (κ2) is 4.52. The number of benzene rings is 1. The highest BCUT2D eigenvalue weighted by Crippen LogP contribution is 2.40. The molecule has 2 nitrogen and oxygen atoms in total. The highest BCUT2D eigenvalue weighted by atomic mass is 16.1. The predicted octanol–water partition coefficient (Wildman–Crippen LogP) is 3.09. The molecule has 2 heteroatoms. The van der Waals surface area contributed by atoms with Gasteiger partial charge in [0.1, 0.15) is 0 Å². The molecule has 1 aromatic carbocycles. The smallest absolute Gasteiger partial charge is 0.220 e. The fourth-order valence-corrected chi connectivity index (χ4v) is 2.16. The summed E-state index contributed by atoms with van der Waals surface area (Å²) in [6.45, 7) is 6.27. The average molecular weight is 231 g/mol. The van der Waals surface area contributed by atoms with E-state index in [1.54, 1.807) is 0 Å². The number of nitrogens with one attached hydrogen (secondary N) is 1. The molecule has 1 aliphatic rings. The highest BCUT2D eigenvalue weighted by molar-refractivity contribution is 5.77. The van der Waals surface area contributed by atoms with Crippen LogP contribution in [0, 0.1) is 5.41 Å². The molecule has 0 radical (unpaired) electrons. The van der Waals surface area contributed by atoms with Crippen molar-refractivity contribution in [2.45, 2.75) is 45.6 Å². The Bertz CT molecular complexity index is 391. The molecule has 92 valence electrons. The molecule has 0 spiro atoms. The van der Waals surface area contributed by atoms with Gasteiger partial charge in [0.05, 0.1) is 0 Å². The average Bonchev–Trinajstić information content (AvgIpc) is 2.95.